The van der Waals surface area contributed by atoms with E-state index in [1.807, 2.05) is 6.92 Å². The number of esters is 1. The van der Waals surface area contributed by atoms with Crippen molar-refractivity contribution in [3.05, 3.63) is 23.8 Å². The van der Waals surface area contributed by atoms with E-state index in [0.717, 1.165) is 5.56 Å². The fraction of sp³-hybridized carbons (Fsp3) is 0.462. The first-order valence-electron chi connectivity index (χ1n) is 6.18. The van der Waals surface area contributed by atoms with Crippen LogP contribution in [0.2, 0.25) is 0 Å². The second-order valence-electron chi connectivity index (χ2n) is 4.52. The lowest BCUT2D eigenvalue weighted by molar-refractivity contribution is -0.140. The Morgan fingerprint density at radius 3 is 2.60 bits per heavy atom. The Kier molecular flexibility index (Phi) is 5.52. The number of nitrogen functional groups attached to an aromatic ring is 1. The van der Waals surface area contributed by atoms with Crippen LogP contribution >= 0.6 is 0 Å². The molecule has 112 valence electrons. The quantitative estimate of drug-likeness (QED) is 0.629. The normalized spacial score (nSPS) is 11.6. The van der Waals surface area contributed by atoms with E-state index in [4.69, 9.17) is 5.73 Å². The summed E-state index contributed by atoms with van der Waals surface area (Å²) in [6.45, 7) is 2.05. The lowest BCUT2D eigenvalue weighted by Gasteiger charge is -2.17. The molecule has 0 unspecified atom stereocenters. The molecule has 6 nitrogen and oxygen atoms in total. The number of methoxy groups -OCH3 is 1. The minimum Gasteiger partial charge on any atom is -0.469 e. The Morgan fingerprint density at radius 1 is 1.40 bits per heavy atom. The van der Waals surface area contributed by atoms with Gasteiger partial charge in [-0.25, -0.2) is 12.7 Å². The second-order valence-corrected chi connectivity index (χ2v) is 6.57. The first kappa shape index (κ1) is 16.5. The van der Waals surface area contributed by atoms with Gasteiger partial charge in [0.15, 0.2) is 0 Å². The van der Waals surface area contributed by atoms with Crippen LogP contribution in [0, 0.1) is 6.92 Å². The molecule has 0 saturated heterocycles. The summed E-state index contributed by atoms with van der Waals surface area (Å²) in [5.74, 6) is -0.352. The molecule has 0 aliphatic heterocycles. The Hall–Kier alpha value is -1.60. The average molecular weight is 300 g/mol. The Balaban J connectivity index is 2.77. The van der Waals surface area contributed by atoms with Crippen LogP contribution in [0.5, 0.6) is 0 Å². The van der Waals surface area contributed by atoms with E-state index in [1.165, 1.54) is 30.6 Å². The van der Waals surface area contributed by atoms with Gasteiger partial charge in [-0.2, -0.15) is 0 Å². The van der Waals surface area contributed by atoms with Gasteiger partial charge in [-0.1, -0.05) is 6.07 Å². The van der Waals surface area contributed by atoms with Crippen molar-refractivity contribution in [3.8, 4) is 0 Å². The number of sulfonamides is 1. The number of hydrogen-bond acceptors (Lipinski definition) is 5. The first-order chi connectivity index (χ1) is 9.28. The highest BCUT2D eigenvalue weighted by atomic mass is 32.2. The Morgan fingerprint density at radius 2 is 2.05 bits per heavy atom. The van der Waals surface area contributed by atoms with E-state index >= 15 is 0 Å². The van der Waals surface area contributed by atoms with Crippen molar-refractivity contribution < 1.29 is 17.9 Å². The number of aryl methyl sites for hydroxylation is 1. The minimum atomic E-state index is -3.58. The van der Waals surface area contributed by atoms with Crippen LogP contribution in [-0.2, 0) is 19.6 Å². The van der Waals surface area contributed by atoms with E-state index < -0.39 is 10.0 Å². The number of nitrogens with two attached hydrogens (primary N) is 1. The van der Waals surface area contributed by atoms with Gasteiger partial charge >= 0.3 is 5.97 Å². The highest BCUT2D eigenvalue weighted by Crippen LogP contribution is 2.20. The molecule has 1 aromatic rings. The maximum Gasteiger partial charge on any atom is 0.305 e. The summed E-state index contributed by atoms with van der Waals surface area (Å²) in [6, 6.07) is 4.64. The third kappa shape index (κ3) is 3.94. The number of hydrogen-bond donors (Lipinski definition) is 1. The number of rotatable bonds is 6. The van der Waals surface area contributed by atoms with Gasteiger partial charge in [0.2, 0.25) is 10.0 Å². The van der Waals surface area contributed by atoms with E-state index in [1.54, 1.807) is 6.07 Å². The molecule has 0 radical (unpaired) electrons. The third-order valence-corrected chi connectivity index (χ3v) is 4.89. The zero-order valence-electron chi connectivity index (χ0n) is 11.9. The molecule has 0 heterocycles. The van der Waals surface area contributed by atoms with Crippen molar-refractivity contribution in [1.29, 1.82) is 0 Å². The van der Waals surface area contributed by atoms with Crippen molar-refractivity contribution >= 4 is 21.7 Å². The lowest BCUT2D eigenvalue weighted by Crippen LogP contribution is -2.28. The molecule has 0 aromatic heterocycles. The fourth-order valence-electron chi connectivity index (χ4n) is 1.63. The number of carbonyl (C=O) groups excluding carboxylic acids is 1. The smallest absolute Gasteiger partial charge is 0.305 e. The highest BCUT2D eigenvalue weighted by Gasteiger charge is 2.21. The van der Waals surface area contributed by atoms with Crippen LogP contribution in [0.4, 0.5) is 5.69 Å². The van der Waals surface area contributed by atoms with Gasteiger partial charge in [-0.15, -0.1) is 0 Å². The maximum atomic E-state index is 12.3. The molecule has 0 aliphatic rings. The van der Waals surface area contributed by atoms with E-state index in [0.29, 0.717) is 12.1 Å². The van der Waals surface area contributed by atoms with Crippen LogP contribution < -0.4 is 5.73 Å². The van der Waals surface area contributed by atoms with Crippen LogP contribution in [0.3, 0.4) is 0 Å². The van der Waals surface area contributed by atoms with Crippen molar-refractivity contribution in [2.45, 2.75) is 24.7 Å². The molecule has 0 atom stereocenters. The summed E-state index contributed by atoms with van der Waals surface area (Å²) < 4.78 is 30.3. The Bertz CT molecular complexity index is 584. The van der Waals surface area contributed by atoms with Crippen LogP contribution in [0.25, 0.3) is 0 Å². The molecule has 0 spiro atoms. The van der Waals surface area contributed by atoms with E-state index in [9.17, 15) is 13.2 Å². The molecule has 0 aliphatic carbocycles. The zero-order valence-corrected chi connectivity index (χ0v) is 12.7. The SMILES string of the molecule is COC(=O)CCCN(C)S(=O)(=O)c1ccc(C)c(N)c1. The van der Waals surface area contributed by atoms with Gasteiger partial charge in [0, 0.05) is 25.7 Å². The molecule has 7 heteroatoms. The second kappa shape index (κ2) is 6.71. The fourth-order valence-corrected chi connectivity index (χ4v) is 2.87. The van der Waals surface area contributed by atoms with Gasteiger partial charge in [-0.05, 0) is 31.0 Å². The summed E-state index contributed by atoms with van der Waals surface area (Å²) >= 11 is 0. The number of anilines is 1. The van der Waals surface area contributed by atoms with Gasteiger partial charge < -0.3 is 10.5 Å². The molecule has 1 rings (SSSR count). The van der Waals surface area contributed by atoms with Crippen molar-refractivity contribution in [2.75, 3.05) is 26.4 Å². The van der Waals surface area contributed by atoms with Crippen LogP contribution in [0.15, 0.2) is 23.1 Å². The molecular formula is C13H20N2O4S. The van der Waals surface area contributed by atoms with Crippen LogP contribution in [0.1, 0.15) is 18.4 Å². The predicted molar refractivity (Wildman–Crippen MR) is 76.7 cm³/mol. The summed E-state index contributed by atoms with van der Waals surface area (Å²) in [5.41, 5.74) is 7.00. The number of nitrogens with zero attached hydrogens (tertiary/aromatic N) is 1. The predicted octanol–water partition coefficient (Wildman–Crippen LogP) is 1.15. The number of ether oxygens (including phenoxy) is 1. The van der Waals surface area contributed by atoms with Crippen LogP contribution in [-0.4, -0.2) is 39.4 Å². The number of benzene rings is 1. The molecule has 0 fully saturated rings. The van der Waals surface area contributed by atoms with E-state index in [-0.39, 0.29) is 23.8 Å². The van der Waals surface area contributed by atoms with Gasteiger partial charge in [0.1, 0.15) is 0 Å². The molecule has 20 heavy (non-hydrogen) atoms. The standard InChI is InChI=1S/C13H20N2O4S/c1-10-6-7-11(9-12(10)14)20(17,18)15(2)8-4-5-13(16)19-3/h6-7,9H,4-5,8,14H2,1-3H3. The summed E-state index contributed by atoms with van der Waals surface area (Å²) in [6.07, 6.45) is 0.593. The summed E-state index contributed by atoms with van der Waals surface area (Å²) in [7, 11) is -0.803. The van der Waals surface area contributed by atoms with E-state index in [2.05, 4.69) is 4.74 Å². The third-order valence-electron chi connectivity index (χ3n) is 3.04. The monoisotopic (exact) mass is 300 g/mol. The summed E-state index contributed by atoms with van der Waals surface area (Å²) in [5, 5.41) is 0. The highest BCUT2D eigenvalue weighted by molar-refractivity contribution is 7.89. The zero-order chi connectivity index (χ0) is 15.3. The summed E-state index contributed by atoms with van der Waals surface area (Å²) in [4.78, 5) is 11.1. The van der Waals surface area contributed by atoms with Gasteiger partial charge in [0.05, 0.1) is 12.0 Å². The molecule has 0 amide bonds. The molecule has 2 N–H and O–H groups in total. The van der Waals surface area contributed by atoms with Crippen molar-refractivity contribution in [1.82, 2.24) is 4.31 Å². The molecular weight excluding hydrogens is 280 g/mol. The first-order valence-corrected chi connectivity index (χ1v) is 7.62. The lowest BCUT2D eigenvalue weighted by atomic mass is 10.2. The van der Waals surface area contributed by atoms with Crippen molar-refractivity contribution in [3.63, 3.8) is 0 Å². The van der Waals surface area contributed by atoms with Gasteiger partial charge in [0.25, 0.3) is 0 Å². The minimum absolute atomic E-state index is 0.154. The van der Waals surface area contributed by atoms with Gasteiger partial charge in [-0.3, -0.25) is 4.79 Å². The topological polar surface area (TPSA) is 89.7 Å². The number of carbonyl (C=O) groups is 1. The molecule has 0 saturated carbocycles. The van der Waals surface area contributed by atoms with Crippen molar-refractivity contribution in [2.24, 2.45) is 0 Å². The largest absolute Gasteiger partial charge is 0.469 e. The maximum absolute atomic E-state index is 12.3. The average Bonchev–Trinajstić information content (AvgIpc) is 2.41. The Labute approximate surface area is 119 Å². The molecule has 1 aromatic carbocycles. The molecule has 0 bridgehead atoms.